The monoisotopic (exact) mass is 340 g/mol. The number of aromatic nitrogens is 2. The van der Waals surface area contributed by atoms with Crippen molar-refractivity contribution in [2.45, 2.75) is 24.8 Å². The number of carbonyl (C=O) groups is 1. The molecule has 1 aliphatic rings. The van der Waals surface area contributed by atoms with Crippen molar-refractivity contribution in [1.29, 1.82) is 0 Å². The van der Waals surface area contributed by atoms with Crippen molar-refractivity contribution >= 4 is 27.5 Å². The van der Waals surface area contributed by atoms with Gasteiger partial charge in [0.1, 0.15) is 11.3 Å². The van der Waals surface area contributed by atoms with Crippen LogP contribution in [0.15, 0.2) is 52.9 Å². The highest BCUT2D eigenvalue weighted by molar-refractivity contribution is 7.17. The minimum Gasteiger partial charge on any atom is -0.463 e. The Morgan fingerprint density at radius 2 is 2.04 bits per heavy atom. The number of nitrogens with zero attached hydrogens (tertiary/aromatic N) is 2. The smallest absolute Gasteiger partial charge is 0.316 e. The van der Waals surface area contributed by atoms with Crippen molar-refractivity contribution in [3.05, 3.63) is 64.0 Å². The first-order chi connectivity index (χ1) is 11.7. The number of benzene rings is 1. The van der Waals surface area contributed by atoms with Gasteiger partial charge in [-0.2, -0.15) is 0 Å². The van der Waals surface area contributed by atoms with Crippen molar-refractivity contribution in [1.82, 2.24) is 9.55 Å². The Morgan fingerprint density at radius 1 is 1.25 bits per heavy atom. The first-order valence-electron chi connectivity index (χ1n) is 7.86. The number of hydrogen-bond acceptors (Lipinski definition) is 5. The summed E-state index contributed by atoms with van der Waals surface area (Å²) in [7, 11) is 0. The molecule has 0 N–H and O–H groups in total. The molecule has 1 aliphatic carbocycles. The summed E-state index contributed by atoms with van der Waals surface area (Å²) in [5.41, 5.74) is 1.14. The topological polar surface area (TPSA) is 61.2 Å². The Morgan fingerprint density at radius 3 is 2.79 bits per heavy atom. The van der Waals surface area contributed by atoms with Crippen molar-refractivity contribution < 1.29 is 9.53 Å². The van der Waals surface area contributed by atoms with Gasteiger partial charge in [-0.3, -0.25) is 14.2 Å². The average molecular weight is 340 g/mol. The Bertz CT molecular complexity index is 942. The van der Waals surface area contributed by atoms with Crippen molar-refractivity contribution in [2.24, 2.45) is 0 Å². The van der Waals surface area contributed by atoms with Gasteiger partial charge in [0, 0.05) is 0 Å². The quantitative estimate of drug-likeness (QED) is 0.670. The van der Waals surface area contributed by atoms with Gasteiger partial charge in [0.25, 0.3) is 5.56 Å². The highest BCUT2D eigenvalue weighted by atomic mass is 32.1. The van der Waals surface area contributed by atoms with E-state index in [0.717, 1.165) is 18.4 Å². The maximum Gasteiger partial charge on any atom is 0.316 e. The molecule has 24 heavy (non-hydrogen) atoms. The minimum absolute atomic E-state index is 0.0877. The zero-order chi connectivity index (χ0) is 16.6. The number of hydrogen-bond donors (Lipinski definition) is 0. The van der Waals surface area contributed by atoms with Crippen LogP contribution >= 0.6 is 11.3 Å². The van der Waals surface area contributed by atoms with E-state index in [1.54, 1.807) is 0 Å². The van der Waals surface area contributed by atoms with Crippen LogP contribution in [0.1, 0.15) is 18.4 Å². The molecular weight excluding hydrogens is 324 g/mol. The van der Waals surface area contributed by atoms with E-state index in [-0.39, 0.29) is 18.1 Å². The van der Waals surface area contributed by atoms with E-state index in [4.69, 9.17) is 4.74 Å². The third kappa shape index (κ3) is 2.53. The molecule has 0 saturated heterocycles. The van der Waals surface area contributed by atoms with Crippen LogP contribution < -0.4 is 5.56 Å². The molecule has 0 unspecified atom stereocenters. The number of thiophene rings is 1. The van der Waals surface area contributed by atoms with Crippen LogP contribution in [0.25, 0.3) is 10.2 Å². The summed E-state index contributed by atoms with van der Waals surface area (Å²) in [6, 6.07) is 11.6. The summed E-state index contributed by atoms with van der Waals surface area (Å²) in [5, 5.41) is 1.85. The zero-order valence-corrected chi connectivity index (χ0v) is 13.8. The molecule has 0 radical (unpaired) electrons. The fourth-order valence-electron chi connectivity index (χ4n) is 2.91. The second-order valence-corrected chi connectivity index (χ2v) is 6.88. The second-order valence-electron chi connectivity index (χ2n) is 5.96. The van der Waals surface area contributed by atoms with Gasteiger partial charge in [0.2, 0.25) is 0 Å². The fraction of sp³-hybridized carbons (Fsp3) is 0.278. The Labute approximate surface area is 142 Å². The van der Waals surface area contributed by atoms with Gasteiger partial charge < -0.3 is 4.74 Å². The van der Waals surface area contributed by atoms with Gasteiger partial charge >= 0.3 is 5.97 Å². The van der Waals surface area contributed by atoms with E-state index >= 15 is 0 Å². The predicted molar refractivity (Wildman–Crippen MR) is 92.2 cm³/mol. The minimum atomic E-state index is -0.484. The molecule has 3 aromatic rings. The first kappa shape index (κ1) is 15.1. The number of rotatable bonds is 5. The Hall–Kier alpha value is -2.47. The fourth-order valence-corrected chi connectivity index (χ4v) is 3.70. The Balaban J connectivity index is 1.43. The van der Waals surface area contributed by atoms with E-state index in [2.05, 4.69) is 4.98 Å². The maximum absolute atomic E-state index is 12.5. The lowest BCUT2D eigenvalue weighted by molar-refractivity contribution is -0.147. The molecule has 0 spiro atoms. The lowest BCUT2D eigenvalue weighted by atomic mass is 9.96. The highest BCUT2D eigenvalue weighted by Gasteiger charge is 2.52. The Kier molecular flexibility index (Phi) is 3.69. The molecule has 1 aromatic carbocycles. The first-order valence-corrected chi connectivity index (χ1v) is 8.74. The summed E-state index contributed by atoms with van der Waals surface area (Å²) in [6.07, 6.45) is 3.15. The number of ether oxygens (including phenoxy) is 1. The van der Waals surface area contributed by atoms with Crippen molar-refractivity contribution in [2.75, 3.05) is 6.61 Å². The molecule has 4 rings (SSSR count). The number of carbonyl (C=O) groups excluding carboxylic acids is 1. The largest absolute Gasteiger partial charge is 0.463 e. The number of fused-ring (bicyclic) bond motifs is 1. The predicted octanol–water partition coefficient (Wildman–Crippen LogP) is 2.73. The molecule has 5 nitrogen and oxygen atoms in total. The summed E-state index contributed by atoms with van der Waals surface area (Å²) in [5.74, 6) is -0.202. The van der Waals surface area contributed by atoms with Crippen LogP contribution in [-0.4, -0.2) is 22.1 Å². The van der Waals surface area contributed by atoms with Gasteiger partial charge in [-0.15, -0.1) is 11.3 Å². The maximum atomic E-state index is 12.5. The third-order valence-corrected chi connectivity index (χ3v) is 5.36. The van der Waals surface area contributed by atoms with E-state index < -0.39 is 5.41 Å². The van der Waals surface area contributed by atoms with Crippen LogP contribution in [0.5, 0.6) is 0 Å². The summed E-state index contributed by atoms with van der Waals surface area (Å²) >= 11 is 1.38. The lowest BCUT2D eigenvalue weighted by Gasteiger charge is -2.15. The summed E-state index contributed by atoms with van der Waals surface area (Å²) in [4.78, 5) is 29.0. The lowest BCUT2D eigenvalue weighted by Crippen LogP contribution is -2.27. The zero-order valence-electron chi connectivity index (χ0n) is 13.0. The molecule has 1 fully saturated rings. The van der Waals surface area contributed by atoms with Gasteiger partial charge in [0.15, 0.2) is 0 Å². The molecule has 6 heteroatoms. The molecule has 0 bridgehead atoms. The molecule has 0 amide bonds. The van der Waals surface area contributed by atoms with Crippen LogP contribution in [0.4, 0.5) is 0 Å². The van der Waals surface area contributed by atoms with Crippen molar-refractivity contribution in [3.8, 4) is 0 Å². The third-order valence-electron chi connectivity index (χ3n) is 4.47. The van der Waals surface area contributed by atoms with Crippen LogP contribution in [0, 0.1) is 0 Å². The highest BCUT2D eigenvalue weighted by Crippen LogP contribution is 2.49. The molecular formula is C18H16N2O3S. The molecule has 1 saturated carbocycles. The molecule has 0 atom stereocenters. The van der Waals surface area contributed by atoms with Gasteiger partial charge in [0.05, 0.1) is 23.8 Å². The molecule has 0 aliphatic heterocycles. The van der Waals surface area contributed by atoms with E-state index in [1.807, 2.05) is 41.8 Å². The standard InChI is InChI=1S/C18H16N2O3S/c21-16-15-14(6-11-24-15)19-12-20(16)9-10-23-17(22)18(7-8-18)13-4-2-1-3-5-13/h1-6,11-12H,7-10H2. The second kappa shape index (κ2) is 5.87. The van der Waals surface area contributed by atoms with Gasteiger partial charge in [-0.05, 0) is 29.9 Å². The average Bonchev–Trinajstić information content (AvgIpc) is 3.29. The summed E-state index contributed by atoms with van der Waals surface area (Å²) in [6.45, 7) is 0.488. The van der Waals surface area contributed by atoms with Crippen LogP contribution in [0.3, 0.4) is 0 Å². The van der Waals surface area contributed by atoms with E-state index in [9.17, 15) is 9.59 Å². The van der Waals surface area contributed by atoms with Crippen LogP contribution in [0.2, 0.25) is 0 Å². The SMILES string of the molecule is O=C(OCCn1cnc2ccsc2c1=O)C1(c2ccccc2)CC1. The van der Waals surface area contributed by atoms with Gasteiger partial charge in [-0.1, -0.05) is 30.3 Å². The van der Waals surface area contributed by atoms with Crippen molar-refractivity contribution in [3.63, 3.8) is 0 Å². The molecule has 2 heterocycles. The normalized spacial score (nSPS) is 15.3. The van der Waals surface area contributed by atoms with Gasteiger partial charge in [-0.25, -0.2) is 4.98 Å². The molecule has 122 valence electrons. The number of esters is 1. The molecule has 2 aromatic heterocycles. The van der Waals surface area contributed by atoms with E-state index in [0.29, 0.717) is 16.8 Å². The van der Waals surface area contributed by atoms with E-state index in [1.165, 1.54) is 22.2 Å². The summed E-state index contributed by atoms with van der Waals surface area (Å²) < 4.78 is 7.58. The van der Waals surface area contributed by atoms with Crippen LogP contribution in [-0.2, 0) is 21.5 Å².